The third-order valence-corrected chi connectivity index (χ3v) is 8.97. The zero-order chi connectivity index (χ0) is 22.5. The maximum atomic E-state index is 5.24. The summed E-state index contributed by atoms with van der Waals surface area (Å²) in [6, 6.07) is 18.5. The zero-order valence-corrected chi connectivity index (χ0v) is 20.5. The number of benzene rings is 2. The molecular weight excluding hydrogens is 390 g/mol. The Labute approximate surface area is 193 Å². The van der Waals surface area contributed by atoms with Crippen molar-refractivity contribution in [2.75, 3.05) is 0 Å². The summed E-state index contributed by atoms with van der Waals surface area (Å²) in [6.45, 7) is 11.9. The smallest absolute Gasteiger partial charge is 0.222 e. The van der Waals surface area contributed by atoms with E-state index in [1.807, 2.05) is 0 Å². The zero-order valence-electron chi connectivity index (χ0n) is 20.5. The number of nitrogens with zero attached hydrogens (tertiary/aromatic N) is 3. The molecule has 3 aromatic rings. The highest BCUT2D eigenvalue weighted by Gasteiger charge is 2.56. The maximum Gasteiger partial charge on any atom is 0.275 e. The third kappa shape index (κ3) is 2.93. The van der Waals surface area contributed by atoms with Gasteiger partial charge in [0.2, 0.25) is 0 Å². The molecule has 2 aliphatic rings. The second-order valence-corrected chi connectivity index (χ2v) is 10.4. The minimum atomic E-state index is -0.00462. The van der Waals surface area contributed by atoms with Gasteiger partial charge in [-0.05, 0) is 68.2 Å². The molecule has 2 heterocycles. The second kappa shape index (κ2) is 7.86. The van der Waals surface area contributed by atoms with Gasteiger partial charge in [0.05, 0.1) is 11.1 Å². The van der Waals surface area contributed by atoms with Crippen LogP contribution in [0.4, 0.5) is 0 Å². The van der Waals surface area contributed by atoms with Crippen LogP contribution < -0.4 is 4.57 Å². The van der Waals surface area contributed by atoms with Crippen molar-refractivity contribution in [2.45, 2.75) is 96.6 Å². The van der Waals surface area contributed by atoms with Crippen LogP contribution in [0.25, 0.3) is 22.5 Å². The summed E-state index contributed by atoms with van der Waals surface area (Å²) < 4.78 is 5.04. The Morgan fingerprint density at radius 3 is 2.31 bits per heavy atom. The van der Waals surface area contributed by atoms with Crippen LogP contribution in [0.15, 0.2) is 48.5 Å². The standard InChI is InChI=1S/C29H38N3/c1-6-28(4)26-19-18-23(22-14-10-8-11-15-22)20-25(26)27-31(29(28,5)7-2)21(3)30-32(27)24-16-12-9-13-17-24/h8,10-11,14-15,18-20,24H,6-7,9,12-13,16-17H2,1-5H3/q+1. The summed E-state index contributed by atoms with van der Waals surface area (Å²) in [5.74, 6) is 2.49. The van der Waals surface area contributed by atoms with Gasteiger partial charge in [-0.3, -0.25) is 0 Å². The highest BCUT2D eigenvalue weighted by atomic mass is 15.4. The van der Waals surface area contributed by atoms with E-state index >= 15 is 0 Å². The van der Waals surface area contributed by atoms with Gasteiger partial charge in [-0.2, -0.15) is 0 Å². The number of rotatable bonds is 4. The van der Waals surface area contributed by atoms with Crippen LogP contribution in [0.3, 0.4) is 0 Å². The van der Waals surface area contributed by atoms with Crippen molar-refractivity contribution in [1.82, 2.24) is 9.78 Å². The van der Waals surface area contributed by atoms with Crippen LogP contribution in [-0.4, -0.2) is 9.78 Å². The molecule has 168 valence electrons. The van der Waals surface area contributed by atoms with Crippen LogP contribution in [0.2, 0.25) is 0 Å². The van der Waals surface area contributed by atoms with Gasteiger partial charge in [-0.15, -0.1) is 4.68 Å². The van der Waals surface area contributed by atoms with Crippen molar-refractivity contribution in [3.63, 3.8) is 0 Å². The predicted molar refractivity (Wildman–Crippen MR) is 132 cm³/mol. The Hall–Kier alpha value is -2.42. The van der Waals surface area contributed by atoms with Crippen molar-refractivity contribution < 1.29 is 4.57 Å². The van der Waals surface area contributed by atoms with Crippen molar-refractivity contribution in [1.29, 1.82) is 0 Å². The number of aryl methyl sites for hydroxylation is 1. The number of hydrogen-bond donors (Lipinski definition) is 0. The first kappa shape index (κ1) is 21.4. The second-order valence-electron chi connectivity index (χ2n) is 10.4. The molecule has 0 amide bonds. The fourth-order valence-corrected chi connectivity index (χ4v) is 6.60. The first-order chi connectivity index (χ1) is 15.4. The minimum Gasteiger partial charge on any atom is -0.222 e. The van der Waals surface area contributed by atoms with Crippen molar-refractivity contribution >= 4 is 0 Å². The highest BCUT2D eigenvalue weighted by molar-refractivity contribution is 5.73. The van der Waals surface area contributed by atoms with E-state index in [9.17, 15) is 0 Å². The molecule has 32 heavy (non-hydrogen) atoms. The van der Waals surface area contributed by atoms with Gasteiger partial charge < -0.3 is 0 Å². The van der Waals surface area contributed by atoms with Crippen LogP contribution >= 0.6 is 0 Å². The lowest BCUT2D eigenvalue weighted by atomic mass is 9.61. The van der Waals surface area contributed by atoms with E-state index in [2.05, 4.69) is 92.4 Å². The van der Waals surface area contributed by atoms with Crippen LogP contribution in [0.5, 0.6) is 0 Å². The van der Waals surface area contributed by atoms with Gasteiger partial charge in [0, 0.05) is 17.4 Å². The predicted octanol–water partition coefficient (Wildman–Crippen LogP) is 7.12. The SMILES string of the molecule is CCC1(C)c2ccc(-c3ccccc3)cc2-c2n(C3CCCCC3)nc(C)[n+]2C1(C)CC. The number of aromatic nitrogens is 3. The van der Waals surface area contributed by atoms with Crippen molar-refractivity contribution in [2.24, 2.45) is 0 Å². The van der Waals surface area contributed by atoms with Crippen LogP contribution in [-0.2, 0) is 11.0 Å². The molecule has 0 radical (unpaired) electrons. The normalized spacial score (nSPS) is 25.4. The molecule has 2 aromatic carbocycles. The number of fused-ring (bicyclic) bond motifs is 3. The topological polar surface area (TPSA) is 21.7 Å². The fourth-order valence-electron chi connectivity index (χ4n) is 6.60. The van der Waals surface area contributed by atoms with Crippen molar-refractivity contribution in [3.8, 4) is 22.5 Å². The molecule has 0 bridgehead atoms. The summed E-state index contributed by atoms with van der Waals surface area (Å²) in [4.78, 5) is 0. The van der Waals surface area contributed by atoms with Crippen molar-refractivity contribution in [3.05, 3.63) is 59.9 Å². The fraction of sp³-hybridized carbons (Fsp3) is 0.517. The lowest BCUT2D eigenvalue weighted by Gasteiger charge is -2.49. The van der Waals surface area contributed by atoms with Gasteiger partial charge in [0.25, 0.3) is 11.6 Å². The Balaban J connectivity index is 1.81. The molecule has 1 fully saturated rings. The summed E-state index contributed by atoms with van der Waals surface area (Å²) >= 11 is 0. The van der Waals surface area contributed by atoms with Gasteiger partial charge in [0.1, 0.15) is 6.04 Å². The van der Waals surface area contributed by atoms with Crippen LogP contribution in [0.1, 0.15) is 90.1 Å². The summed E-state index contributed by atoms with van der Waals surface area (Å²) in [5.41, 5.74) is 5.49. The maximum absolute atomic E-state index is 5.24. The highest BCUT2D eigenvalue weighted by Crippen LogP contribution is 2.51. The summed E-state index contributed by atoms with van der Waals surface area (Å²) in [6.07, 6.45) is 8.68. The van der Waals surface area contributed by atoms with E-state index in [1.54, 1.807) is 0 Å². The average Bonchev–Trinajstić information content (AvgIpc) is 3.21. The van der Waals surface area contributed by atoms with E-state index in [0.717, 1.165) is 18.7 Å². The molecule has 1 saturated carbocycles. The van der Waals surface area contributed by atoms with E-state index in [4.69, 9.17) is 5.10 Å². The molecule has 2 unspecified atom stereocenters. The molecule has 2 atom stereocenters. The van der Waals surface area contributed by atoms with Gasteiger partial charge in [0.15, 0.2) is 0 Å². The molecule has 1 aliphatic heterocycles. The quantitative estimate of drug-likeness (QED) is 0.405. The Morgan fingerprint density at radius 2 is 1.66 bits per heavy atom. The van der Waals surface area contributed by atoms with Gasteiger partial charge in [-0.25, -0.2) is 4.57 Å². The number of hydrogen-bond acceptors (Lipinski definition) is 1. The Kier molecular flexibility index (Phi) is 5.27. The minimum absolute atomic E-state index is 0.00462. The Morgan fingerprint density at radius 1 is 0.938 bits per heavy atom. The molecule has 0 saturated heterocycles. The largest absolute Gasteiger partial charge is 0.275 e. The molecule has 3 nitrogen and oxygen atoms in total. The Bertz CT molecular complexity index is 1120. The van der Waals surface area contributed by atoms with Crippen LogP contribution in [0, 0.1) is 6.92 Å². The third-order valence-electron chi connectivity index (χ3n) is 8.97. The first-order valence-electron chi connectivity index (χ1n) is 12.7. The van der Waals surface area contributed by atoms with E-state index < -0.39 is 0 Å². The lowest BCUT2D eigenvalue weighted by molar-refractivity contribution is -0.770. The van der Waals surface area contributed by atoms with E-state index in [-0.39, 0.29) is 11.0 Å². The van der Waals surface area contributed by atoms with Gasteiger partial charge in [-0.1, -0.05) is 69.7 Å². The molecule has 0 spiro atoms. The monoisotopic (exact) mass is 428 g/mol. The first-order valence-corrected chi connectivity index (χ1v) is 12.7. The average molecular weight is 429 g/mol. The molecule has 1 aliphatic carbocycles. The molecular formula is C29H38N3+. The summed E-state index contributed by atoms with van der Waals surface area (Å²) in [7, 11) is 0. The summed E-state index contributed by atoms with van der Waals surface area (Å²) in [5, 5.41) is 5.24. The molecule has 5 rings (SSSR count). The van der Waals surface area contributed by atoms with E-state index in [1.165, 1.54) is 60.2 Å². The molecule has 0 N–H and O–H groups in total. The van der Waals surface area contributed by atoms with Gasteiger partial charge >= 0.3 is 0 Å². The molecule has 3 heteroatoms. The molecule has 1 aromatic heterocycles. The lowest BCUT2D eigenvalue weighted by Crippen LogP contribution is -2.68. The van der Waals surface area contributed by atoms with E-state index in [0.29, 0.717) is 6.04 Å².